The summed E-state index contributed by atoms with van der Waals surface area (Å²) in [4.78, 5) is 0. The molecule has 6 heteroatoms. The molecule has 0 atom stereocenters. The molecule has 0 aromatic carbocycles. The van der Waals surface area contributed by atoms with Gasteiger partial charge in [-0.15, -0.1) is 0 Å². The molecule has 0 fully saturated rings. The van der Waals surface area contributed by atoms with Gasteiger partial charge in [0.05, 0.1) is 0 Å². The van der Waals surface area contributed by atoms with E-state index in [1.165, 1.54) is 12.8 Å². The van der Waals surface area contributed by atoms with Gasteiger partial charge in [0.1, 0.15) is 0 Å². The first-order valence-electron chi connectivity index (χ1n) is 8.71. The van der Waals surface area contributed by atoms with Gasteiger partial charge in [-0.3, -0.25) is 0 Å². The average Bonchev–Trinajstić information content (AvgIpc) is 2.95. The molecule has 0 aromatic rings. The Morgan fingerprint density at radius 2 is 1.08 bits per heavy atom. The van der Waals surface area contributed by atoms with Gasteiger partial charge < -0.3 is 24.8 Å². The van der Waals surface area contributed by atoms with E-state index in [1.807, 2.05) is 17.1 Å². The van der Waals surface area contributed by atoms with Crippen LogP contribution in [0.15, 0.2) is 41.4 Å². The Hall–Kier alpha value is 1.06. The van der Waals surface area contributed by atoms with Gasteiger partial charge in [-0.1, -0.05) is 0 Å². The van der Waals surface area contributed by atoms with Crippen molar-refractivity contribution in [3.8, 4) is 0 Å². The minimum Gasteiger partial charge on any atom is -1.00 e. The Morgan fingerprint density at radius 3 is 1.33 bits per heavy atom. The maximum absolute atomic E-state index is 2.66. The topological polar surface area (TPSA) is 0 Å². The molecule has 0 aromatic heterocycles. The Labute approximate surface area is 172 Å². The van der Waals surface area contributed by atoms with Crippen molar-refractivity contribution in [1.82, 2.24) is 0 Å². The zero-order valence-corrected chi connectivity index (χ0v) is 24.8. The van der Waals surface area contributed by atoms with Crippen molar-refractivity contribution < 1.29 is 45.4 Å². The molecule has 0 bridgehead atoms. The summed E-state index contributed by atoms with van der Waals surface area (Å²) in [6.45, 7) is 20.6. The molecule has 2 aliphatic carbocycles. The van der Waals surface area contributed by atoms with Crippen LogP contribution in [0.1, 0.15) is 12.8 Å². The van der Waals surface area contributed by atoms with Crippen molar-refractivity contribution in [1.29, 1.82) is 0 Å². The van der Waals surface area contributed by atoms with Crippen LogP contribution in [0.3, 0.4) is 0 Å². The molecule has 0 aliphatic heterocycles. The van der Waals surface area contributed by atoms with Crippen LogP contribution in [0.4, 0.5) is 0 Å². The third-order valence-electron chi connectivity index (χ3n) is 4.71. The van der Waals surface area contributed by atoms with E-state index in [0.717, 1.165) is 0 Å². The summed E-state index contributed by atoms with van der Waals surface area (Å²) < 4.78 is 4.06. The number of hydrogen-bond donors (Lipinski definition) is 0. The van der Waals surface area contributed by atoms with Crippen molar-refractivity contribution in [3.63, 3.8) is 0 Å². The average molecular weight is 583 g/mol. The zero-order valence-electron chi connectivity index (χ0n) is 16.6. The fourth-order valence-electron chi connectivity index (χ4n) is 3.80. The minimum absolute atomic E-state index is 0. The van der Waals surface area contributed by atoms with Crippen LogP contribution in [0, 0.1) is 0 Å². The standard InChI is InChI=1S/2C8H13Si.C2H7Si.2ClH.Hf/c2*1-9(2,3)8-6-4-5-7-8;1-3-2;;;/h2*4,6H,5H2,1-3H3;3H,1-2H3;2*1H;/q;;;;;+2/p-2. The maximum Gasteiger partial charge on any atom is -1.00 e. The third-order valence-corrected chi connectivity index (χ3v) is 38.1. The van der Waals surface area contributed by atoms with Gasteiger partial charge in [0.15, 0.2) is 0 Å². The van der Waals surface area contributed by atoms with Gasteiger partial charge in [0.25, 0.3) is 0 Å². The molecule has 0 spiro atoms. The normalized spacial score (nSPS) is 17.5. The molecule has 135 valence electrons. The second kappa shape index (κ2) is 9.32. The Kier molecular flexibility index (Phi) is 9.73. The van der Waals surface area contributed by atoms with E-state index < -0.39 is 42.7 Å². The van der Waals surface area contributed by atoms with Crippen molar-refractivity contribution in [2.24, 2.45) is 0 Å². The zero-order chi connectivity index (χ0) is 16.7. The monoisotopic (exact) mass is 583 g/mol. The van der Waals surface area contributed by atoms with E-state index in [4.69, 9.17) is 0 Å². The van der Waals surface area contributed by atoms with Crippen LogP contribution in [0.25, 0.3) is 0 Å². The Morgan fingerprint density at radius 1 is 0.750 bits per heavy atom. The van der Waals surface area contributed by atoms with Gasteiger partial charge in [-0.25, -0.2) is 0 Å². The van der Waals surface area contributed by atoms with Crippen molar-refractivity contribution in [2.45, 2.75) is 65.2 Å². The molecule has 2 rings (SSSR count). The van der Waals surface area contributed by atoms with Crippen molar-refractivity contribution >= 4 is 22.1 Å². The molecule has 24 heavy (non-hydrogen) atoms. The fraction of sp³-hybridized carbons (Fsp3) is 0.556. The van der Waals surface area contributed by atoms with E-state index >= 15 is 0 Å². The molecule has 0 unspecified atom stereocenters. The second-order valence-electron chi connectivity index (χ2n) is 9.07. The molecule has 0 nitrogen and oxygen atoms in total. The summed E-state index contributed by atoms with van der Waals surface area (Å²) in [5, 5.41) is 3.70. The largest absolute Gasteiger partial charge is 1.00 e. The summed E-state index contributed by atoms with van der Waals surface area (Å²) in [5.74, 6) is -0.551. The summed E-state index contributed by atoms with van der Waals surface area (Å²) in [6.07, 6.45) is 12.7. The first kappa shape index (κ1) is 25.1. The van der Waals surface area contributed by atoms with Gasteiger partial charge in [0.2, 0.25) is 0 Å². The Balaban J connectivity index is 0.00000264. The van der Waals surface area contributed by atoms with Gasteiger partial charge in [-0.2, -0.15) is 0 Å². The number of halogens is 2. The molecule has 0 radical (unpaired) electrons. The van der Waals surface area contributed by atoms with Crippen LogP contribution in [-0.4, -0.2) is 22.1 Å². The maximum atomic E-state index is 2.66. The molecule has 2 aliphatic rings. The van der Waals surface area contributed by atoms with E-state index in [1.54, 1.807) is 0 Å². The summed E-state index contributed by atoms with van der Waals surface area (Å²) in [7, 11) is -2.36. The molecule has 0 saturated heterocycles. The van der Waals surface area contributed by atoms with Gasteiger partial charge in [0, 0.05) is 0 Å². The van der Waals surface area contributed by atoms with Crippen LogP contribution < -0.4 is 24.8 Å². The first-order chi connectivity index (χ1) is 10.0. The second-order valence-corrected chi connectivity index (χ2v) is 45.9. The third kappa shape index (κ3) is 5.53. The van der Waals surface area contributed by atoms with Crippen LogP contribution in [-0.2, 0) is 20.6 Å². The SMILES string of the molecule is C[SiH](C)[Hf+2]([C]1=C([Si](C)(C)C)C=CC1)[C]1=C([Si](C)(C)C)C=CC1.[Cl-].[Cl-]. The van der Waals surface area contributed by atoms with E-state index in [0.29, 0.717) is 0 Å². The summed E-state index contributed by atoms with van der Waals surface area (Å²) >= 11 is -1.78. The first-order valence-corrected chi connectivity index (χ1v) is 28.4. The molecule has 0 heterocycles. The van der Waals surface area contributed by atoms with E-state index in [2.05, 4.69) is 76.7 Å². The predicted molar refractivity (Wildman–Crippen MR) is 107 cm³/mol. The van der Waals surface area contributed by atoms with Crippen LogP contribution in [0.2, 0.25) is 52.4 Å². The van der Waals surface area contributed by atoms with Gasteiger partial charge >= 0.3 is 149 Å². The number of rotatable bonds is 5. The molecular weight excluding hydrogens is 550 g/mol. The van der Waals surface area contributed by atoms with Crippen LogP contribution in [0.5, 0.6) is 0 Å². The van der Waals surface area contributed by atoms with Crippen molar-refractivity contribution in [2.75, 3.05) is 0 Å². The quantitative estimate of drug-likeness (QED) is 0.394. The van der Waals surface area contributed by atoms with Crippen molar-refractivity contribution in [3.05, 3.63) is 41.4 Å². The summed E-state index contributed by atoms with van der Waals surface area (Å²) in [6, 6.07) is 0. The van der Waals surface area contributed by atoms with E-state index in [-0.39, 0.29) is 24.8 Å². The van der Waals surface area contributed by atoms with Crippen LogP contribution >= 0.6 is 0 Å². The molecule has 0 amide bonds. The Bertz CT molecular complexity index is 528. The molecule has 0 N–H and O–H groups in total. The summed E-state index contributed by atoms with van der Waals surface area (Å²) in [5.41, 5.74) is 0. The number of hydrogen-bond acceptors (Lipinski definition) is 0. The predicted octanol–water partition coefficient (Wildman–Crippen LogP) is -0.221. The molecular formula is C18H33Cl2HfSi3. The van der Waals surface area contributed by atoms with E-state index in [9.17, 15) is 0 Å². The van der Waals surface area contributed by atoms with Gasteiger partial charge in [-0.05, 0) is 0 Å². The molecule has 0 saturated carbocycles. The smallest absolute Gasteiger partial charge is 1.00 e. The number of allylic oxidation sites excluding steroid dienone is 8. The fourth-order valence-corrected chi connectivity index (χ4v) is 47.0. The minimum atomic E-state index is -1.78.